The Bertz CT molecular complexity index is 391. The van der Waals surface area contributed by atoms with Gasteiger partial charge in [0.1, 0.15) is 0 Å². The maximum atomic E-state index is 12.7. The second-order valence-corrected chi connectivity index (χ2v) is 5.00. The molecule has 0 radical (unpaired) electrons. The average molecular weight is 251 g/mol. The number of nitrogens with zero attached hydrogens (tertiary/aromatic N) is 3. The Morgan fingerprint density at radius 3 is 2.44 bits per heavy atom. The molecule has 4 heteroatoms. The van der Waals surface area contributed by atoms with E-state index in [4.69, 9.17) is 0 Å². The zero-order valence-corrected chi connectivity index (χ0v) is 12.2. The number of ketones is 1. The topological polar surface area (TPSA) is 38.1 Å². The normalized spacial score (nSPS) is 12.1. The molecule has 0 aliphatic rings. The first kappa shape index (κ1) is 14.9. The van der Waals surface area contributed by atoms with Crippen LogP contribution in [-0.2, 0) is 6.54 Å². The van der Waals surface area contributed by atoms with E-state index in [0.29, 0.717) is 5.82 Å². The summed E-state index contributed by atoms with van der Waals surface area (Å²) in [5, 5.41) is 0. The van der Waals surface area contributed by atoms with E-state index in [0.717, 1.165) is 26.1 Å². The van der Waals surface area contributed by atoms with Crippen molar-refractivity contribution in [1.29, 1.82) is 0 Å². The van der Waals surface area contributed by atoms with Gasteiger partial charge in [-0.25, -0.2) is 4.98 Å². The third-order valence-electron chi connectivity index (χ3n) is 3.49. The molecule has 0 bridgehead atoms. The zero-order chi connectivity index (χ0) is 13.8. The molecular weight excluding hydrogens is 226 g/mol. The summed E-state index contributed by atoms with van der Waals surface area (Å²) in [5.41, 5.74) is -0.500. The molecular formula is C14H25N3O. The molecule has 0 amide bonds. The fourth-order valence-electron chi connectivity index (χ4n) is 2.37. The molecule has 0 fully saturated rings. The van der Waals surface area contributed by atoms with Gasteiger partial charge in [0.15, 0.2) is 5.82 Å². The predicted molar refractivity (Wildman–Crippen MR) is 73.8 cm³/mol. The van der Waals surface area contributed by atoms with Crippen molar-refractivity contribution in [2.45, 2.75) is 53.1 Å². The number of carbonyl (C=O) groups excluding carboxylic acids is 1. The minimum absolute atomic E-state index is 0.102. The summed E-state index contributed by atoms with van der Waals surface area (Å²) in [6.07, 6.45) is 4.60. The number of aryl methyl sites for hydroxylation is 1. The summed E-state index contributed by atoms with van der Waals surface area (Å²) in [6.45, 7) is 12.8. The summed E-state index contributed by atoms with van der Waals surface area (Å²) in [5.74, 6) is 0.679. The molecule has 1 rings (SSSR count). The molecule has 1 heterocycles. The van der Waals surface area contributed by atoms with E-state index in [1.807, 2.05) is 24.6 Å². The number of imidazole rings is 1. The molecule has 0 aromatic carbocycles. The minimum atomic E-state index is -0.500. The lowest BCUT2D eigenvalue weighted by Crippen LogP contribution is -2.50. The van der Waals surface area contributed by atoms with Gasteiger partial charge in [0.2, 0.25) is 5.78 Å². The number of rotatable bonds is 7. The highest BCUT2D eigenvalue weighted by Crippen LogP contribution is 2.19. The fourth-order valence-corrected chi connectivity index (χ4v) is 2.37. The standard InChI is InChI=1S/C14H25N3O/c1-6-10-16-11-9-15-13(16)12(18)14(4,5)17(7-2)8-3/h9,11H,6-8,10H2,1-5H3. The van der Waals surface area contributed by atoms with Crippen molar-refractivity contribution in [1.82, 2.24) is 14.5 Å². The van der Waals surface area contributed by atoms with Crippen molar-refractivity contribution in [2.24, 2.45) is 0 Å². The number of aromatic nitrogens is 2. The molecule has 0 saturated heterocycles. The molecule has 0 atom stereocenters. The van der Waals surface area contributed by atoms with Gasteiger partial charge in [-0.15, -0.1) is 0 Å². The van der Waals surface area contributed by atoms with Gasteiger partial charge in [-0.1, -0.05) is 20.8 Å². The first-order valence-corrected chi connectivity index (χ1v) is 6.79. The molecule has 4 nitrogen and oxygen atoms in total. The van der Waals surface area contributed by atoms with Crippen LogP contribution in [0.4, 0.5) is 0 Å². The average Bonchev–Trinajstić information content (AvgIpc) is 2.78. The second-order valence-electron chi connectivity index (χ2n) is 5.00. The number of hydrogen-bond acceptors (Lipinski definition) is 3. The van der Waals surface area contributed by atoms with E-state index in [9.17, 15) is 4.79 Å². The Morgan fingerprint density at radius 2 is 1.94 bits per heavy atom. The van der Waals surface area contributed by atoms with E-state index in [1.54, 1.807) is 6.20 Å². The van der Waals surface area contributed by atoms with Crippen molar-refractivity contribution in [3.8, 4) is 0 Å². The monoisotopic (exact) mass is 251 g/mol. The Balaban J connectivity index is 3.01. The van der Waals surface area contributed by atoms with Crippen LogP contribution in [0.5, 0.6) is 0 Å². The van der Waals surface area contributed by atoms with Gasteiger partial charge in [0.25, 0.3) is 0 Å². The van der Waals surface area contributed by atoms with Crippen LogP contribution in [0.3, 0.4) is 0 Å². The highest BCUT2D eigenvalue weighted by atomic mass is 16.1. The smallest absolute Gasteiger partial charge is 0.217 e. The summed E-state index contributed by atoms with van der Waals surface area (Å²) in [4.78, 5) is 19.1. The van der Waals surface area contributed by atoms with Crippen LogP contribution in [0.2, 0.25) is 0 Å². The molecule has 0 aliphatic heterocycles. The van der Waals surface area contributed by atoms with E-state index in [2.05, 4.69) is 30.7 Å². The van der Waals surface area contributed by atoms with Crippen LogP contribution in [0.1, 0.15) is 51.7 Å². The third kappa shape index (κ3) is 2.80. The van der Waals surface area contributed by atoms with Gasteiger partial charge in [-0.3, -0.25) is 9.69 Å². The van der Waals surface area contributed by atoms with Crippen molar-refractivity contribution in [3.05, 3.63) is 18.2 Å². The summed E-state index contributed by atoms with van der Waals surface area (Å²) >= 11 is 0. The lowest BCUT2D eigenvalue weighted by atomic mass is 9.95. The number of likely N-dealkylation sites (N-methyl/N-ethyl adjacent to an activating group) is 1. The molecule has 0 unspecified atom stereocenters. The Hall–Kier alpha value is -1.16. The lowest BCUT2D eigenvalue weighted by Gasteiger charge is -2.35. The first-order chi connectivity index (χ1) is 8.48. The van der Waals surface area contributed by atoms with E-state index >= 15 is 0 Å². The van der Waals surface area contributed by atoms with E-state index in [1.165, 1.54) is 0 Å². The predicted octanol–water partition coefficient (Wildman–Crippen LogP) is 2.60. The largest absolute Gasteiger partial charge is 0.328 e. The third-order valence-corrected chi connectivity index (χ3v) is 3.49. The first-order valence-electron chi connectivity index (χ1n) is 6.79. The summed E-state index contributed by atoms with van der Waals surface area (Å²) < 4.78 is 1.95. The van der Waals surface area contributed by atoms with Crippen LogP contribution in [0.15, 0.2) is 12.4 Å². The Morgan fingerprint density at radius 1 is 1.33 bits per heavy atom. The van der Waals surface area contributed by atoms with Crippen molar-refractivity contribution >= 4 is 5.78 Å². The van der Waals surface area contributed by atoms with Gasteiger partial charge in [0.05, 0.1) is 5.54 Å². The quantitative estimate of drug-likeness (QED) is 0.699. The molecule has 0 spiro atoms. The maximum absolute atomic E-state index is 12.7. The number of Topliss-reactive ketones (excluding diaryl/α,β-unsaturated/α-hetero) is 1. The van der Waals surface area contributed by atoms with Gasteiger partial charge in [0, 0.05) is 18.9 Å². The fraction of sp³-hybridized carbons (Fsp3) is 0.714. The lowest BCUT2D eigenvalue weighted by molar-refractivity contribution is 0.0652. The van der Waals surface area contributed by atoms with Crippen LogP contribution in [-0.4, -0.2) is 38.9 Å². The zero-order valence-electron chi connectivity index (χ0n) is 12.2. The molecule has 0 saturated carbocycles. The van der Waals surface area contributed by atoms with E-state index in [-0.39, 0.29) is 5.78 Å². The molecule has 0 aliphatic carbocycles. The van der Waals surface area contributed by atoms with Gasteiger partial charge >= 0.3 is 0 Å². The molecule has 102 valence electrons. The maximum Gasteiger partial charge on any atom is 0.217 e. The SMILES string of the molecule is CCCn1ccnc1C(=O)C(C)(C)N(CC)CC. The van der Waals surface area contributed by atoms with Crippen LogP contribution in [0.25, 0.3) is 0 Å². The Labute approximate surface area is 110 Å². The molecule has 18 heavy (non-hydrogen) atoms. The molecule has 0 N–H and O–H groups in total. The molecule has 1 aromatic rings. The molecule has 1 aromatic heterocycles. The van der Waals surface area contributed by atoms with Crippen LogP contribution < -0.4 is 0 Å². The van der Waals surface area contributed by atoms with Crippen molar-refractivity contribution in [3.63, 3.8) is 0 Å². The van der Waals surface area contributed by atoms with Gasteiger partial charge in [-0.05, 0) is 33.4 Å². The van der Waals surface area contributed by atoms with Gasteiger partial charge < -0.3 is 4.57 Å². The Kier molecular flexibility index (Phi) is 5.08. The minimum Gasteiger partial charge on any atom is -0.328 e. The van der Waals surface area contributed by atoms with Crippen molar-refractivity contribution in [2.75, 3.05) is 13.1 Å². The van der Waals surface area contributed by atoms with E-state index < -0.39 is 5.54 Å². The second kappa shape index (κ2) is 6.14. The van der Waals surface area contributed by atoms with Crippen LogP contribution >= 0.6 is 0 Å². The van der Waals surface area contributed by atoms with Crippen molar-refractivity contribution < 1.29 is 4.79 Å². The number of carbonyl (C=O) groups is 1. The van der Waals surface area contributed by atoms with Gasteiger partial charge in [-0.2, -0.15) is 0 Å². The highest BCUT2D eigenvalue weighted by Gasteiger charge is 2.35. The number of hydrogen-bond donors (Lipinski definition) is 0. The highest BCUT2D eigenvalue weighted by molar-refractivity contribution is 6.00. The summed E-state index contributed by atoms with van der Waals surface area (Å²) in [6, 6.07) is 0. The summed E-state index contributed by atoms with van der Waals surface area (Å²) in [7, 11) is 0. The van der Waals surface area contributed by atoms with Crippen LogP contribution in [0, 0.1) is 0 Å².